The maximum atomic E-state index is 12.5. The van der Waals surface area contributed by atoms with Crippen molar-refractivity contribution in [1.82, 2.24) is 20.2 Å². The highest BCUT2D eigenvalue weighted by Gasteiger charge is 2.41. The molecule has 8 heteroatoms. The van der Waals surface area contributed by atoms with E-state index in [-0.39, 0.29) is 11.5 Å². The molecular formula is C18H24N4O4. The SMILES string of the molecule is Cc1cc(C(=O)N2CCC3(CC2)CC(Cc2noc(C)n2)CCO3)no1. The summed E-state index contributed by atoms with van der Waals surface area (Å²) in [4.78, 5) is 18.7. The largest absolute Gasteiger partial charge is 0.375 e. The van der Waals surface area contributed by atoms with Crippen LogP contribution in [0.25, 0.3) is 0 Å². The fraction of sp³-hybridized carbons (Fsp3) is 0.667. The van der Waals surface area contributed by atoms with Gasteiger partial charge in [0.15, 0.2) is 11.5 Å². The lowest BCUT2D eigenvalue weighted by molar-refractivity contribution is -0.123. The summed E-state index contributed by atoms with van der Waals surface area (Å²) >= 11 is 0. The van der Waals surface area contributed by atoms with Gasteiger partial charge in [-0.2, -0.15) is 4.98 Å². The number of carbonyl (C=O) groups is 1. The average Bonchev–Trinajstić information content (AvgIpc) is 3.23. The molecule has 0 radical (unpaired) electrons. The van der Waals surface area contributed by atoms with Gasteiger partial charge in [-0.15, -0.1) is 0 Å². The maximum Gasteiger partial charge on any atom is 0.276 e. The summed E-state index contributed by atoms with van der Waals surface area (Å²) in [6.45, 7) is 5.71. The number of aryl methyl sites for hydroxylation is 2. The Hall–Kier alpha value is -2.22. The van der Waals surface area contributed by atoms with Crippen LogP contribution in [0, 0.1) is 19.8 Å². The smallest absolute Gasteiger partial charge is 0.276 e. The molecule has 2 saturated heterocycles. The molecule has 0 saturated carbocycles. The van der Waals surface area contributed by atoms with Gasteiger partial charge in [0.1, 0.15) is 5.76 Å². The first-order valence-electron chi connectivity index (χ1n) is 9.19. The van der Waals surface area contributed by atoms with Crippen molar-refractivity contribution in [3.8, 4) is 0 Å². The highest BCUT2D eigenvalue weighted by Crippen LogP contribution is 2.38. The van der Waals surface area contributed by atoms with Gasteiger partial charge < -0.3 is 18.7 Å². The Balaban J connectivity index is 1.35. The van der Waals surface area contributed by atoms with Crippen LogP contribution in [-0.4, -0.2) is 51.4 Å². The minimum Gasteiger partial charge on any atom is -0.375 e. The number of hydrogen-bond donors (Lipinski definition) is 0. The minimum atomic E-state index is -0.141. The molecule has 4 heterocycles. The number of ether oxygens (including phenoxy) is 1. The summed E-state index contributed by atoms with van der Waals surface area (Å²) in [6.07, 6.45) is 4.50. The number of rotatable bonds is 3. The third-order valence-electron chi connectivity index (χ3n) is 5.44. The average molecular weight is 360 g/mol. The third-order valence-corrected chi connectivity index (χ3v) is 5.44. The van der Waals surface area contributed by atoms with Crippen molar-refractivity contribution >= 4 is 5.91 Å². The molecule has 2 aliphatic rings. The van der Waals surface area contributed by atoms with Gasteiger partial charge in [0.05, 0.1) is 5.60 Å². The van der Waals surface area contributed by atoms with Gasteiger partial charge in [0, 0.05) is 39.1 Å². The van der Waals surface area contributed by atoms with Crippen molar-refractivity contribution in [1.29, 1.82) is 0 Å². The number of amides is 1. The molecule has 0 aromatic carbocycles. The second-order valence-corrected chi connectivity index (χ2v) is 7.44. The number of hydrogen-bond acceptors (Lipinski definition) is 7. The maximum absolute atomic E-state index is 12.5. The molecule has 140 valence electrons. The number of aromatic nitrogens is 3. The molecule has 1 amide bonds. The fourth-order valence-electron chi connectivity index (χ4n) is 4.08. The second-order valence-electron chi connectivity index (χ2n) is 7.44. The highest BCUT2D eigenvalue weighted by atomic mass is 16.5. The van der Waals surface area contributed by atoms with Crippen molar-refractivity contribution in [2.75, 3.05) is 19.7 Å². The van der Waals surface area contributed by atoms with Crippen LogP contribution in [0.4, 0.5) is 0 Å². The molecule has 4 rings (SSSR count). The quantitative estimate of drug-likeness (QED) is 0.829. The molecule has 2 aromatic rings. The van der Waals surface area contributed by atoms with Crippen LogP contribution in [0.5, 0.6) is 0 Å². The van der Waals surface area contributed by atoms with Crippen LogP contribution < -0.4 is 0 Å². The fourth-order valence-corrected chi connectivity index (χ4v) is 4.08. The standard InChI is InChI=1S/C18H24N4O4/c1-12-9-15(20-25-12)17(23)22-6-4-18(5-7-22)11-14(3-8-24-18)10-16-19-13(2)26-21-16/h9,14H,3-8,10-11H2,1-2H3. The number of likely N-dealkylation sites (tertiary alicyclic amines) is 1. The first-order chi connectivity index (χ1) is 12.5. The van der Waals surface area contributed by atoms with Crippen molar-refractivity contribution in [3.05, 3.63) is 29.2 Å². The normalized spacial score (nSPS) is 22.7. The summed E-state index contributed by atoms with van der Waals surface area (Å²) in [5.41, 5.74) is 0.242. The zero-order chi connectivity index (χ0) is 18.1. The van der Waals surface area contributed by atoms with Gasteiger partial charge in [-0.3, -0.25) is 4.79 Å². The Kier molecular flexibility index (Phi) is 4.52. The molecule has 1 atom stereocenters. The van der Waals surface area contributed by atoms with E-state index in [0.29, 0.717) is 36.4 Å². The predicted octanol–water partition coefficient (Wildman–Crippen LogP) is 2.32. The van der Waals surface area contributed by atoms with Crippen LogP contribution in [0.15, 0.2) is 15.1 Å². The van der Waals surface area contributed by atoms with E-state index in [1.807, 2.05) is 11.8 Å². The summed E-state index contributed by atoms with van der Waals surface area (Å²) in [6, 6.07) is 1.69. The molecule has 0 bridgehead atoms. The van der Waals surface area contributed by atoms with Crippen LogP contribution >= 0.6 is 0 Å². The third kappa shape index (κ3) is 3.51. The molecule has 2 aliphatic heterocycles. The molecule has 0 N–H and O–H groups in total. The molecule has 0 aliphatic carbocycles. The molecular weight excluding hydrogens is 336 g/mol. The molecule has 8 nitrogen and oxygen atoms in total. The highest BCUT2D eigenvalue weighted by molar-refractivity contribution is 5.92. The van der Waals surface area contributed by atoms with Crippen LogP contribution in [0.2, 0.25) is 0 Å². The van der Waals surface area contributed by atoms with Gasteiger partial charge in [0.25, 0.3) is 5.91 Å². The van der Waals surface area contributed by atoms with E-state index < -0.39 is 0 Å². The number of nitrogens with zero attached hydrogens (tertiary/aromatic N) is 4. The Morgan fingerprint density at radius 3 is 2.73 bits per heavy atom. The molecule has 26 heavy (non-hydrogen) atoms. The van der Waals surface area contributed by atoms with Gasteiger partial charge in [-0.1, -0.05) is 10.3 Å². The summed E-state index contributed by atoms with van der Waals surface area (Å²) in [5.74, 6) is 2.46. The number of piperidine rings is 1. The van der Waals surface area contributed by atoms with E-state index in [1.54, 1.807) is 13.0 Å². The monoisotopic (exact) mass is 360 g/mol. The van der Waals surface area contributed by atoms with E-state index >= 15 is 0 Å². The lowest BCUT2D eigenvalue weighted by atomic mass is 9.78. The predicted molar refractivity (Wildman–Crippen MR) is 90.5 cm³/mol. The summed E-state index contributed by atoms with van der Waals surface area (Å²) in [7, 11) is 0. The Morgan fingerprint density at radius 2 is 2.08 bits per heavy atom. The second kappa shape index (κ2) is 6.83. The molecule has 1 unspecified atom stereocenters. The van der Waals surface area contributed by atoms with Crippen LogP contribution in [0.1, 0.15) is 53.6 Å². The first kappa shape index (κ1) is 17.2. The van der Waals surface area contributed by atoms with E-state index in [2.05, 4.69) is 15.3 Å². The summed E-state index contributed by atoms with van der Waals surface area (Å²) in [5, 5.41) is 7.85. The topological polar surface area (TPSA) is 94.5 Å². The summed E-state index contributed by atoms with van der Waals surface area (Å²) < 4.78 is 16.3. The van der Waals surface area contributed by atoms with E-state index in [0.717, 1.165) is 44.5 Å². The van der Waals surface area contributed by atoms with Gasteiger partial charge >= 0.3 is 0 Å². The minimum absolute atomic E-state index is 0.0636. The van der Waals surface area contributed by atoms with Crippen molar-refractivity contribution in [2.45, 2.75) is 51.6 Å². The van der Waals surface area contributed by atoms with Crippen molar-refractivity contribution in [3.63, 3.8) is 0 Å². The van der Waals surface area contributed by atoms with Gasteiger partial charge in [-0.05, 0) is 38.5 Å². The van der Waals surface area contributed by atoms with Crippen molar-refractivity contribution < 1.29 is 18.6 Å². The Bertz CT molecular complexity index is 776. The Labute approximate surface area is 151 Å². The van der Waals surface area contributed by atoms with Gasteiger partial charge in [0.2, 0.25) is 5.89 Å². The van der Waals surface area contributed by atoms with E-state index in [9.17, 15) is 4.79 Å². The van der Waals surface area contributed by atoms with Gasteiger partial charge in [-0.25, -0.2) is 0 Å². The molecule has 2 aromatic heterocycles. The van der Waals surface area contributed by atoms with E-state index in [4.69, 9.17) is 13.8 Å². The number of carbonyl (C=O) groups excluding carboxylic acids is 1. The Morgan fingerprint density at radius 1 is 1.27 bits per heavy atom. The van der Waals surface area contributed by atoms with Crippen LogP contribution in [0.3, 0.4) is 0 Å². The zero-order valence-corrected chi connectivity index (χ0v) is 15.2. The molecule has 1 spiro atoms. The first-order valence-corrected chi connectivity index (χ1v) is 9.19. The lowest BCUT2D eigenvalue weighted by Gasteiger charge is -2.46. The lowest BCUT2D eigenvalue weighted by Crippen LogP contribution is -2.51. The van der Waals surface area contributed by atoms with Crippen LogP contribution in [-0.2, 0) is 11.2 Å². The zero-order valence-electron chi connectivity index (χ0n) is 15.2. The van der Waals surface area contributed by atoms with E-state index in [1.165, 1.54) is 0 Å². The van der Waals surface area contributed by atoms with Crippen molar-refractivity contribution in [2.24, 2.45) is 5.92 Å². The molecule has 2 fully saturated rings.